The Morgan fingerprint density at radius 1 is 1.29 bits per heavy atom. The van der Waals surface area contributed by atoms with Crippen molar-refractivity contribution in [3.05, 3.63) is 47.8 Å². The zero-order chi connectivity index (χ0) is 15.2. The Morgan fingerprint density at radius 2 is 2.10 bits per heavy atom. The average Bonchev–Trinajstić information content (AvgIpc) is 2.48. The topological polar surface area (TPSA) is 46.5 Å². The molecule has 0 atom stereocenters. The van der Waals surface area contributed by atoms with E-state index in [0.29, 0.717) is 29.6 Å². The Bertz CT molecular complexity index is 638. The van der Waals surface area contributed by atoms with Gasteiger partial charge in [0.15, 0.2) is 17.8 Å². The number of benzene rings is 2. The fourth-order valence-electron chi connectivity index (χ4n) is 2.09. The number of carbonyl (C=O) groups is 1. The molecule has 0 saturated carbocycles. The summed E-state index contributed by atoms with van der Waals surface area (Å²) in [5.74, 6) is -0.248. The quantitative estimate of drug-likeness (QED) is 0.640. The van der Waals surface area contributed by atoms with Gasteiger partial charge in [-0.15, -0.1) is 0 Å². The van der Waals surface area contributed by atoms with Gasteiger partial charge < -0.3 is 9.84 Å². The highest BCUT2D eigenvalue weighted by atomic mass is 19.1. The standard InChI is InChI=1S/C17H17FO3/c1-2-3-9-21-17-15(20)8-7-13(11-19)16(17)12-5-4-6-14(18)10-12/h4-8,10-11,20H,2-3,9H2,1H3. The molecule has 0 bridgehead atoms. The Morgan fingerprint density at radius 3 is 2.76 bits per heavy atom. The van der Waals surface area contributed by atoms with Crippen molar-refractivity contribution in [2.24, 2.45) is 0 Å². The third-order valence-electron chi connectivity index (χ3n) is 3.15. The van der Waals surface area contributed by atoms with Crippen LogP contribution in [-0.2, 0) is 0 Å². The van der Waals surface area contributed by atoms with E-state index in [0.717, 1.165) is 12.8 Å². The lowest BCUT2D eigenvalue weighted by atomic mass is 9.98. The molecule has 0 aromatic heterocycles. The van der Waals surface area contributed by atoms with Crippen LogP contribution in [0.25, 0.3) is 11.1 Å². The molecule has 4 heteroatoms. The van der Waals surface area contributed by atoms with E-state index in [1.54, 1.807) is 12.1 Å². The van der Waals surface area contributed by atoms with Crippen LogP contribution >= 0.6 is 0 Å². The summed E-state index contributed by atoms with van der Waals surface area (Å²) in [7, 11) is 0. The average molecular weight is 288 g/mol. The Labute approximate surface area is 123 Å². The number of aldehydes is 1. The highest BCUT2D eigenvalue weighted by Crippen LogP contribution is 2.40. The Kier molecular flexibility index (Phi) is 4.93. The lowest BCUT2D eigenvalue weighted by molar-refractivity contribution is 0.112. The summed E-state index contributed by atoms with van der Waals surface area (Å²) < 4.78 is 19.0. The van der Waals surface area contributed by atoms with Crippen LogP contribution in [0, 0.1) is 5.82 Å². The monoisotopic (exact) mass is 288 g/mol. The molecule has 2 aromatic carbocycles. The van der Waals surface area contributed by atoms with Gasteiger partial charge in [-0.2, -0.15) is 0 Å². The van der Waals surface area contributed by atoms with E-state index in [1.165, 1.54) is 24.3 Å². The van der Waals surface area contributed by atoms with Gasteiger partial charge in [-0.3, -0.25) is 4.79 Å². The minimum Gasteiger partial charge on any atom is -0.504 e. The van der Waals surface area contributed by atoms with E-state index in [-0.39, 0.29) is 11.5 Å². The summed E-state index contributed by atoms with van der Waals surface area (Å²) in [5, 5.41) is 10.0. The third-order valence-corrected chi connectivity index (χ3v) is 3.15. The lowest BCUT2D eigenvalue weighted by Crippen LogP contribution is -2.01. The van der Waals surface area contributed by atoms with E-state index < -0.39 is 5.82 Å². The number of halogens is 1. The predicted octanol–water partition coefficient (Wildman–Crippen LogP) is 4.19. The van der Waals surface area contributed by atoms with Crippen molar-refractivity contribution in [1.29, 1.82) is 0 Å². The van der Waals surface area contributed by atoms with Crippen LogP contribution in [0.2, 0.25) is 0 Å². The van der Waals surface area contributed by atoms with Gasteiger partial charge in [0.1, 0.15) is 5.82 Å². The van der Waals surface area contributed by atoms with Gasteiger partial charge in [-0.1, -0.05) is 25.5 Å². The third kappa shape index (κ3) is 3.40. The van der Waals surface area contributed by atoms with Gasteiger partial charge in [0.25, 0.3) is 0 Å². The van der Waals surface area contributed by atoms with Gasteiger partial charge in [0.2, 0.25) is 0 Å². The molecule has 0 radical (unpaired) electrons. The molecule has 0 fully saturated rings. The van der Waals surface area contributed by atoms with Crippen LogP contribution in [0.4, 0.5) is 4.39 Å². The fraction of sp³-hybridized carbons (Fsp3) is 0.235. The number of phenolic OH excluding ortho intramolecular Hbond substituents is 1. The van der Waals surface area contributed by atoms with E-state index in [1.807, 2.05) is 6.92 Å². The molecule has 3 nitrogen and oxygen atoms in total. The number of ether oxygens (including phenoxy) is 1. The number of aromatic hydroxyl groups is 1. The number of rotatable bonds is 6. The zero-order valence-corrected chi connectivity index (χ0v) is 11.8. The molecule has 0 spiro atoms. The maximum absolute atomic E-state index is 13.4. The van der Waals surface area contributed by atoms with Crippen LogP contribution in [0.1, 0.15) is 30.1 Å². The van der Waals surface area contributed by atoms with E-state index in [2.05, 4.69) is 0 Å². The summed E-state index contributed by atoms with van der Waals surface area (Å²) in [4.78, 5) is 11.2. The van der Waals surface area contributed by atoms with Crippen molar-refractivity contribution >= 4 is 6.29 Å². The smallest absolute Gasteiger partial charge is 0.169 e. The normalized spacial score (nSPS) is 10.4. The van der Waals surface area contributed by atoms with Crippen LogP contribution in [0.15, 0.2) is 36.4 Å². The van der Waals surface area contributed by atoms with Gasteiger partial charge in [-0.05, 0) is 36.2 Å². The van der Waals surface area contributed by atoms with E-state index >= 15 is 0 Å². The highest BCUT2D eigenvalue weighted by Gasteiger charge is 2.16. The second-order valence-electron chi connectivity index (χ2n) is 4.71. The summed E-state index contributed by atoms with van der Waals surface area (Å²) in [6.07, 6.45) is 2.45. The number of carbonyl (C=O) groups excluding carboxylic acids is 1. The molecular formula is C17H17FO3. The first-order valence-corrected chi connectivity index (χ1v) is 6.87. The summed E-state index contributed by atoms with van der Waals surface area (Å²) in [6.45, 7) is 2.45. The first-order chi connectivity index (χ1) is 10.2. The molecule has 0 amide bonds. The molecule has 110 valence electrons. The van der Waals surface area contributed by atoms with Gasteiger partial charge >= 0.3 is 0 Å². The molecule has 0 aliphatic rings. The fourth-order valence-corrected chi connectivity index (χ4v) is 2.09. The molecular weight excluding hydrogens is 271 g/mol. The first-order valence-electron chi connectivity index (χ1n) is 6.87. The van der Waals surface area contributed by atoms with Crippen molar-refractivity contribution in [1.82, 2.24) is 0 Å². The number of unbranched alkanes of at least 4 members (excludes halogenated alkanes) is 1. The van der Waals surface area contributed by atoms with Crippen molar-refractivity contribution in [3.8, 4) is 22.6 Å². The summed E-state index contributed by atoms with van der Waals surface area (Å²) >= 11 is 0. The molecule has 0 heterocycles. The van der Waals surface area contributed by atoms with Crippen LogP contribution < -0.4 is 4.74 Å². The predicted molar refractivity (Wildman–Crippen MR) is 79.3 cm³/mol. The lowest BCUT2D eigenvalue weighted by Gasteiger charge is -2.15. The molecule has 21 heavy (non-hydrogen) atoms. The first kappa shape index (κ1) is 15.0. The van der Waals surface area contributed by atoms with E-state index in [4.69, 9.17) is 4.74 Å². The molecule has 0 aliphatic carbocycles. The summed E-state index contributed by atoms with van der Waals surface area (Å²) in [5.41, 5.74) is 1.27. The van der Waals surface area contributed by atoms with Crippen molar-refractivity contribution < 1.29 is 19.0 Å². The molecule has 0 unspecified atom stereocenters. The Balaban J connectivity index is 2.54. The maximum atomic E-state index is 13.4. The van der Waals surface area contributed by atoms with Crippen molar-refractivity contribution in [2.45, 2.75) is 19.8 Å². The van der Waals surface area contributed by atoms with Crippen LogP contribution in [0.3, 0.4) is 0 Å². The Hall–Kier alpha value is -2.36. The molecule has 2 rings (SSSR count). The van der Waals surface area contributed by atoms with Gasteiger partial charge in [0.05, 0.1) is 6.61 Å². The second-order valence-corrected chi connectivity index (χ2v) is 4.71. The molecule has 1 N–H and O–H groups in total. The number of hydrogen-bond acceptors (Lipinski definition) is 3. The van der Waals surface area contributed by atoms with E-state index in [9.17, 15) is 14.3 Å². The van der Waals surface area contributed by atoms with Crippen molar-refractivity contribution in [2.75, 3.05) is 6.61 Å². The minimum atomic E-state index is -0.410. The highest BCUT2D eigenvalue weighted by molar-refractivity contribution is 5.92. The van der Waals surface area contributed by atoms with Gasteiger partial charge in [-0.25, -0.2) is 4.39 Å². The minimum absolute atomic E-state index is 0.0593. The van der Waals surface area contributed by atoms with Crippen LogP contribution in [0.5, 0.6) is 11.5 Å². The molecule has 0 aliphatic heterocycles. The zero-order valence-electron chi connectivity index (χ0n) is 11.8. The van der Waals surface area contributed by atoms with Gasteiger partial charge in [0, 0.05) is 11.1 Å². The maximum Gasteiger partial charge on any atom is 0.169 e. The number of phenols is 1. The second kappa shape index (κ2) is 6.88. The summed E-state index contributed by atoms with van der Waals surface area (Å²) in [6, 6.07) is 8.78. The molecule has 2 aromatic rings. The largest absolute Gasteiger partial charge is 0.504 e. The molecule has 0 saturated heterocycles. The van der Waals surface area contributed by atoms with Crippen molar-refractivity contribution in [3.63, 3.8) is 0 Å². The SMILES string of the molecule is CCCCOc1c(O)ccc(C=O)c1-c1cccc(F)c1. The number of hydrogen-bond donors (Lipinski definition) is 1. The van der Waals surface area contributed by atoms with Crippen LogP contribution in [-0.4, -0.2) is 18.0 Å².